The molecule has 0 unspecified atom stereocenters. The van der Waals surface area contributed by atoms with Gasteiger partial charge in [-0.2, -0.15) is 0 Å². The summed E-state index contributed by atoms with van der Waals surface area (Å²) in [6.07, 6.45) is 0. The molecule has 8 heavy (non-hydrogen) atoms. The van der Waals surface area contributed by atoms with E-state index in [-0.39, 0.29) is 18.9 Å². The van der Waals surface area contributed by atoms with E-state index in [1.165, 1.54) is 0 Å². The van der Waals surface area contributed by atoms with Crippen LogP contribution in [0.3, 0.4) is 0 Å². The Labute approximate surface area is 59.8 Å². The van der Waals surface area contributed by atoms with E-state index in [2.05, 4.69) is 0 Å². The van der Waals surface area contributed by atoms with Gasteiger partial charge in [-0.3, -0.25) is 0 Å². The van der Waals surface area contributed by atoms with Gasteiger partial charge in [-0.15, -0.1) is 17.9 Å². The molecule has 0 saturated heterocycles. The summed E-state index contributed by atoms with van der Waals surface area (Å²) in [4.78, 5) is 0. The summed E-state index contributed by atoms with van der Waals surface area (Å²) in [7, 11) is 0. The molecule has 5 heteroatoms. The van der Waals surface area contributed by atoms with Gasteiger partial charge in [0.25, 0.3) is 6.71 Å². The van der Waals surface area contributed by atoms with Crippen molar-refractivity contribution in [2.45, 2.75) is 0 Å². The summed E-state index contributed by atoms with van der Waals surface area (Å²) in [5, 5.41) is 23.6. The second-order valence-electron chi connectivity index (χ2n) is 1.00. The Kier molecular flexibility index (Phi) is 7.81. The van der Waals surface area contributed by atoms with E-state index in [1.54, 1.807) is 17.9 Å². The first-order valence-electron chi connectivity index (χ1n) is 1.73. The van der Waals surface area contributed by atoms with E-state index in [1.807, 2.05) is 0 Å². The number of nitriles is 3. The fourth-order valence-corrected chi connectivity index (χ4v) is 0.106. The minimum atomic E-state index is -1.79. The maximum Gasteiger partial charge on any atom is 1.00 e. The van der Waals surface area contributed by atoms with Crippen LogP contribution in [0.1, 0.15) is 0 Å². The Morgan fingerprint density at radius 3 is 1.12 bits per heavy atom. The minimum Gasteiger partial charge on any atom is -0.247 e. The molecule has 0 aromatic rings. The van der Waals surface area contributed by atoms with Crippen molar-refractivity contribution in [3.05, 3.63) is 0 Å². The Balaban J connectivity index is 0. The molecule has 0 atom stereocenters. The van der Waals surface area contributed by atoms with Gasteiger partial charge in [-0.25, -0.2) is 15.8 Å². The zero-order valence-electron chi connectivity index (χ0n) is 4.55. The van der Waals surface area contributed by atoms with Gasteiger partial charge < -0.3 is 0 Å². The third kappa shape index (κ3) is 3.33. The van der Waals surface area contributed by atoms with E-state index >= 15 is 0 Å². The van der Waals surface area contributed by atoms with Gasteiger partial charge in [0.15, 0.2) is 0 Å². The summed E-state index contributed by atoms with van der Waals surface area (Å²) in [6, 6.07) is 0. The molecule has 0 saturated carbocycles. The summed E-state index contributed by atoms with van der Waals surface area (Å²) >= 11 is 0. The van der Waals surface area contributed by atoms with E-state index in [9.17, 15) is 0 Å². The van der Waals surface area contributed by atoms with Crippen molar-refractivity contribution in [2.75, 3.05) is 0 Å². The van der Waals surface area contributed by atoms with Crippen LogP contribution in [0.25, 0.3) is 0 Å². The van der Waals surface area contributed by atoms with Gasteiger partial charge >= 0.3 is 18.9 Å². The molecule has 0 amide bonds. The van der Waals surface area contributed by atoms with Crippen LogP contribution in [0.2, 0.25) is 0 Å². The largest absolute Gasteiger partial charge is 1.00 e. The van der Waals surface area contributed by atoms with Crippen LogP contribution in [-0.2, 0) is 0 Å². The van der Waals surface area contributed by atoms with E-state index in [4.69, 9.17) is 15.8 Å². The van der Waals surface area contributed by atoms with Crippen molar-refractivity contribution in [2.24, 2.45) is 0 Å². The summed E-state index contributed by atoms with van der Waals surface area (Å²) in [5.41, 5.74) is 0. The average Bonchev–Trinajstić information content (AvgIpc) is 1.72. The molecule has 0 aromatic carbocycles. The minimum absolute atomic E-state index is 0. The molecule has 0 N–H and O–H groups in total. The zero-order valence-corrected chi connectivity index (χ0v) is 4.55. The fourth-order valence-electron chi connectivity index (χ4n) is 0.106. The molecular formula is C3HBLiN3. The zero-order chi connectivity index (χ0) is 5.70. The summed E-state index contributed by atoms with van der Waals surface area (Å²) < 4.78 is 0. The van der Waals surface area contributed by atoms with E-state index in [0.717, 1.165) is 0 Å². The smallest absolute Gasteiger partial charge is 0.247 e. The topological polar surface area (TPSA) is 71.4 Å². The van der Waals surface area contributed by atoms with E-state index in [0.29, 0.717) is 0 Å². The fraction of sp³-hybridized carbons (Fsp3) is 0. The first-order chi connectivity index (χ1) is 3.35. The van der Waals surface area contributed by atoms with Gasteiger partial charge in [-0.1, -0.05) is 0 Å². The average molecular weight is 96.8 g/mol. The summed E-state index contributed by atoms with van der Waals surface area (Å²) in [5.74, 6) is 4.69. The first kappa shape index (κ1) is 10.2. The SMILES string of the molecule is N#C[BH-](C#N)C#N.[Li+]. The van der Waals surface area contributed by atoms with Crippen molar-refractivity contribution >= 4 is 6.71 Å². The molecule has 0 aliphatic heterocycles. The van der Waals surface area contributed by atoms with Crippen molar-refractivity contribution in [3.8, 4) is 17.9 Å². The molecule has 0 fully saturated rings. The van der Waals surface area contributed by atoms with Crippen LogP contribution >= 0.6 is 0 Å². The van der Waals surface area contributed by atoms with Crippen molar-refractivity contribution in [1.82, 2.24) is 0 Å². The monoisotopic (exact) mass is 97.0 g/mol. The van der Waals surface area contributed by atoms with Gasteiger partial charge in [0.1, 0.15) is 0 Å². The second kappa shape index (κ2) is 6.13. The van der Waals surface area contributed by atoms with Gasteiger partial charge in [0, 0.05) is 0 Å². The molecule has 0 aliphatic rings. The van der Waals surface area contributed by atoms with Crippen LogP contribution < -0.4 is 18.9 Å². The van der Waals surface area contributed by atoms with Crippen LogP contribution in [0.15, 0.2) is 0 Å². The second-order valence-corrected chi connectivity index (χ2v) is 1.00. The van der Waals surface area contributed by atoms with Crippen LogP contribution in [-0.4, -0.2) is 6.71 Å². The number of hydrogen-bond donors (Lipinski definition) is 0. The number of nitrogens with zero attached hydrogens (tertiary/aromatic N) is 3. The molecule has 32 valence electrons. The normalized spacial score (nSPS) is 5.25. The molecule has 0 bridgehead atoms. The molecule has 0 aromatic heterocycles. The van der Waals surface area contributed by atoms with Crippen molar-refractivity contribution in [1.29, 1.82) is 15.8 Å². The maximum atomic E-state index is 7.87. The third-order valence-corrected chi connectivity index (χ3v) is 0.474. The molecule has 3 nitrogen and oxygen atoms in total. The van der Waals surface area contributed by atoms with Crippen molar-refractivity contribution < 1.29 is 18.9 Å². The quantitative estimate of drug-likeness (QED) is 0.293. The Morgan fingerprint density at radius 2 is 1.12 bits per heavy atom. The standard InChI is InChI=1S/C3HBN3.Li/c5-1-4(2-6)3-7;/h4H;/q-1;+1. The molecule has 0 radical (unpaired) electrons. The van der Waals surface area contributed by atoms with Crippen LogP contribution in [0.5, 0.6) is 0 Å². The molecule has 0 heterocycles. The van der Waals surface area contributed by atoms with Crippen molar-refractivity contribution in [3.63, 3.8) is 0 Å². The predicted octanol–water partition coefficient (Wildman–Crippen LogP) is -3.59. The Hall–Kier alpha value is -0.868. The predicted molar refractivity (Wildman–Crippen MR) is 24.0 cm³/mol. The Morgan fingerprint density at radius 1 is 0.875 bits per heavy atom. The Bertz CT molecular complexity index is 137. The first-order valence-corrected chi connectivity index (χ1v) is 1.73. The maximum absolute atomic E-state index is 7.87. The van der Waals surface area contributed by atoms with Gasteiger partial charge in [0.05, 0.1) is 0 Å². The molecule has 0 rings (SSSR count). The molecule has 0 spiro atoms. The van der Waals surface area contributed by atoms with Gasteiger partial charge in [0.2, 0.25) is 0 Å². The summed E-state index contributed by atoms with van der Waals surface area (Å²) in [6.45, 7) is -1.79. The van der Waals surface area contributed by atoms with E-state index < -0.39 is 6.71 Å². The van der Waals surface area contributed by atoms with Crippen LogP contribution in [0, 0.1) is 33.7 Å². The van der Waals surface area contributed by atoms with Crippen LogP contribution in [0.4, 0.5) is 0 Å². The molecular weight excluding hydrogens is 95.8 g/mol. The number of hydrogen-bond acceptors (Lipinski definition) is 3. The molecule has 0 aliphatic carbocycles. The number of rotatable bonds is 0. The van der Waals surface area contributed by atoms with Gasteiger partial charge in [-0.05, 0) is 0 Å². The third-order valence-electron chi connectivity index (χ3n) is 0.474.